The summed E-state index contributed by atoms with van der Waals surface area (Å²) in [7, 11) is 0. The first-order valence-corrected chi connectivity index (χ1v) is 7.25. The van der Waals surface area contributed by atoms with Crippen LogP contribution in [0.15, 0.2) is 24.3 Å². The second-order valence-corrected chi connectivity index (χ2v) is 5.12. The molecule has 0 heterocycles. The molecule has 1 aromatic rings. The van der Waals surface area contributed by atoms with E-state index in [2.05, 4.69) is 25.2 Å². The second kappa shape index (κ2) is 8.09. The summed E-state index contributed by atoms with van der Waals surface area (Å²) in [4.78, 5) is 0.462. The third kappa shape index (κ3) is 4.65. The van der Waals surface area contributed by atoms with Crippen molar-refractivity contribution in [3.63, 3.8) is 0 Å². The Morgan fingerprint density at radius 2 is 1.94 bits per heavy atom. The molecule has 18 heavy (non-hydrogen) atoms. The van der Waals surface area contributed by atoms with E-state index in [0.29, 0.717) is 11.0 Å². The number of thiocarbonyl (C=S) groups is 1. The summed E-state index contributed by atoms with van der Waals surface area (Å²) < 4.78 is 0. The molecule has 3 N–H and O–H groups in total. The number of nitrogens with two attached hydrogens (primary N) is 1. The molecule has 2 nitrogen and oxygen atoms in total. The first-order chi connectivity index (χ1) is 8.69. The summed E-state index contributed by atoms with van der Waals surface area (Å²) in [6.07, 6.45) is 6.07. The van der Waals surface area contributed by atoms with Crippen LogP contribution in [-0.4, -0.2) is 11.0 Å². The number of para-hydroxylation sites is 1. The van der Waals surface area contributed by atoms with Crippen LogP contribution in [0.5, 0.6) is 0 Å². The van der Waals surface area contributed by atoms with E-state index >= 15 is 0 Å². The quantitative estimate of drug-likeness (QED) is 0.694. The van der Waals surface area contributed by atoms with Crippen LogP contribution in [0.3, 0.4) is 0 Å². The summed E-state index contributed by atoms with van der Waals surface area (Å²) in [6.45, 7) is 4.45. The van der Waals surface area contributed by atoms with Gasteiger partial charge in [0.1, 0.15) is 4.99 Å². The van der Waals surface area contributed by atoms with Gasteiger partial charge in [-0.15, -0.1) is 0 Å². The molecule has 0 saturated carbocycles. The van der Waals surface area contributed by atoms with Crippen molar-refractivity contribution >= 4 is 22.9 Å². The Morgan fingerprint density at radius 1 is 1.22 bits per heavy atom. The zero-order valence-electron chi connectivity index (χ0n) is 11.4. The number of anilines is 1. The molecule has 1 unspecified atom stereocenters. The number of hydrogen-bond acceptors (Lipinski definition) is 2. The fourth-order valence-electron chi connectivity index (χ4n) is 2.13. The van der Waals surface area contributed by atoms with Gasteiger partial charge in [0.25, 0.3) is 0 Å². The third-order valence-corrected chi connectivity index (χ3v) is 3.32. The molecule has 3 heteroatoms. The summed E-state index contributed by atoms with van der Waals surface area (Å²) in [5.74, 6) is 0. The standard InChI is InChI=1S/C15H24N2S/c1-3-5-9-12(8-4-2)17-14-11-7-6-10-13(14)15(16)18/h6-7,10-12,17H,3-5,8-9H2,1-2H3,(H2,16,18). The minimum atomic E-state index is 0.462. The zero-order chi connectivity index (χ0) is 13.4. The number of rotatable bonds is 8. The Labute approximate surface area is 116 Å². The van der Waals surface area contributed by atoms with E-state index < -0.39 is 0 Å². The molecule has 1 rings (SSSR count). The van der Waals surface area contributed by atoms with Crippen LogP contribution in [0.2, 0.25) is 0 Å². The maximum Gasteiger partial charge on any atom is 0.106 e. The molecule has 1 aromatic carbocycles. The van der Waals surface area contributed by atoms with Crippen molar-refractivity contribution in [3.8, 4) is 0 Å². The van der Waals surface area contributed by atoms with Gasteiger partial charge in [-0.2, -0.15) is 0 Å². The zero-order valence-corrected chi connectivity index (χ0v) is 12.2. The molecule has 100 valence electrons. The summed E-state index contributed by atoms with van der Waals surface area (Å²) in [6, 6.07) is 8.55. The smallest absolute Gasteiger partial charge is 0.106 e. The number of hydrogen-bond donors (Lipinski definition) is 2. The molecule has 0 saturated heterocycles. The lowest BCUT2D eigenvalue weighted by Crippen LogP contribution is -2.22. The summed E-state index contributed by atoms with van der Waals surface area (Å²) in [5, 5.41) is 3.60. The Hall–Kier alpha value is -1.09. The average molecular weight is 264 g/mol. The summed E-state index contributed by atoms with van der Waals surface area (Å²) >= 11 is 5.09. The lowest BCUT2D eigenvalue weighted by Gasteiger charge is -2.21. The van der Waals surface area contributed by atoms with Crippen molar-refractivity contribution in [2.24, 2.45) is 5.73 Å². The Morgan fingerprint density at radius 3 is 2.56 bits per heavy atom. The van der Waals surface area contributed by atoms with E-state index in [1.807, 2.05) is 18.2 Å². The highest BCUT2D eigenvalue weighted by atomic mass is 32.1. The van der Waals surface area contributed by atoms with Gasteiger partial charge < -0.3 is 11.1 Å². The van der Waals surface area contributed by atoms with Crippen LogP contribution in [0, 0.1) is 0 Å². The van der Waals surface area contributed by atoms with Gasteiger partial charge >= 0.3 is 0 Å². The molecular weight excluding hydrogens is 240 g/mol. The topological polar surface area (TPSA) is 38.0 Å². The molecule has 0 aliphatic carbocycles. The van der Waals surface area contributed by atoms with Gasteiger partial charge in [-0.25, -0.2) is 0 Å². The van der Waals surface area contributed by atoms with Gasteiger partial charge in [-0.05, 0) is 25.0 Å². The van der Waals surface area contributed by atoms with E-state index in [1.54, 1.807) is 0 Å². The fourth-order valence-corrected chi connectivity index (χ4v) is 2.31. The van der Waals surface area contributed by atoms with Crippen molar-refractivity contribution < 1.29 is 0 Å². The highest BCUT2D eigenvalue weighted by Crippen LogP contribution is 2.19. The Balaban J connectivity index is 2.76. The normalized spacial score (nSPS) is 12.1. The molecule has 0 fully saturated rings. The fraction of sp³-hybridized carbons (Fsp3) is 0.533. The predicted octanol–water partition coefficient (Wildman–Crippen LogP) is 4.09. The molecule has 0 bridgehead atoms. The molecule has 0 spiro atoms. The van der Waals surface area contributed by atoms with Gasteiger partial charge in [0, 0.05) is 17.3 Å². The minimum Gasteiger partial charge on any atom is -0.389 e. The van der Waals surface area contributed by atoms with Crippen LogP contribution < -0.4 is 11.1 Å². The van der Waals surface area contributed by atoms with Gasteiger partial charge in [0.2, 0.25) is 0 Å². The largest absolute Gasteiger partial charge is 0.389 e. The van der Waals surface area contributed by atoms with Gasteiger partial charge in [0.15, 0.2) is 0 Å². The predicted molar refractivity (Wildman–Crippen MR) is 84.2 cm³/mol. The van der Waals surface area contributed by atoms with Crippen molar-refractivity contribution in [1.29, 1.82) is 0 Å². The van der Waals surface area contributed by atoms with E-state index in [-0.39, 0.29) is 0 Å². The maximum absolute atomic E-state index is 5.76. The SMILES string of the molecule is CCCCC(CCC)Nc1ccccc1C(N)=S. The average Bonchev–Trinajstić information content (AvgIpc) is 2.36. The summed E-state index contributed by atoms with van der Waals surface area (Å²) in [5.41, 5.74) is 7.77. The Kier molecular flexibility index (Phi) is 6.73. The lowest BCUT2D eigenvalue weighted by molar-refractivity contribution is 0.564. The molecule has 0 amide bonds. The number of unbranched alkanes of at least 4 members (excludes halogenated alkanes) is 1. The molecule has 0 aliphatic rings. The van der Waals surface area contributed by atoms with Gasteiger partial charge in [-0.1, -0.05) is 57.5 Å². The number of nitrogens with one attached hydrogen (secondary N) is 1. The number of benzene rings is 1. The molecular formula is C15H24N2S. The van der Waals surface area contributed by atoms with E-state index in [9.17, 15) is 0 Å². The van der Waals surface area contributed by atoms with Crippen LogP contribution in [0.4, 0.5) is 5.69 Å². The van der Waals surface area contributed by atoms with Crippen LogP contribution in [0.25, 0.3) is 0 Å². The van der Waals surface area contributed by atoms with Crippen molar-refractivity contribution in [1.82, 2.24) is 0 Å². The van der Waals surface area contributed by atoms with E-state index in [1.165, 1.54) is 32.1 Å². The first kappa shape index (κ1) is 15.0. The van der Waals surface area contributed by atoms with E-state index in [4.69, 9.17) is 18.0 Å². The maximum atomic E-state index is 5.76. The lowest BCUT2D eigenvalue weighted by atomic mass is 10.0. The highest BCUT2D eigenvalue weighted by molar-refractivity contribution is 7.80. The van der Waals surface area contributed by atoms with Gasteiger partial charge in [-0.3, -0.25) is 0 Å². The molecule has 1 atom stereocenters. The van der Waals surface area contributed by atoms with Crippen molar-refractivity contribution in [2.75, 3.05) is 5.32 Å². The first-order valence-electron chi connectivity index (χ1n) is 6.84. The second-order valence-electron chi connectivity index (χ2n) is 4.68. The minimum absolute atomic E-state index is 0.462. The van der Waals surface area contributed by atoms with Crippen LogP contribution in [-0.2, 0) is 0 Å². The van der Waals surface area contributed by atoms with Crippen molar-refractivity contribution in [3.05, 3.63) is 29.8 Å². The third-order valence-electron chi connectivity index (χ3n) is 3.10. The Bertz CT molecular complexity index is 377. The monoisotopic (exact) mass is 264 g/mol. The highest BCUT2D eigenvalue weighted by Gasteiger charge is 2.10. The molecule has 0 aliphatic heterocycles. The van der Waals surface area contributed by atoms with Gasteiger partial charge in [0.05, 0.1) is 0 Å². The van der Waals surface area contributed by atoms with E-state index in [0.717, 1.165) is 11.3 Å². The van der Waals surface area contributed by atoms with Crippen molar-refractivity contribution in [2.45, 2.75) is 52.0 Å². The van der Waals surface area contributed by atoms with Crippen LogP contribution >= 0.6 is 12.2 Å². The molecule has 0 radical (unpaired) electrons. The molecule has 0 aromatic heterocycles. The van der Waals surface area contributed by atoms with Crippen LogP contribution in [0.1, 0.15) is 51.5 Å².